The Morgan fingerprint density at radius 3 is 2.03 bits per heavy atom. The molecule has 4 nitrogen and oxygen atoms in total. The molecule has 0 spiro atoms. The predicted octanol–water partition coefficient (Wildman–Crippen LogP) is 8.04. The lowest BCUT2D eigenvalue weighted by Gasteiger charge is -2.24. The number of alkyl halides is 1. The zero-order valence-electron chi connectivity index (χ0n) is 20.6. The smallest absolute Gasteiger partial charge is 0.312 e. The minimum atomic E-state index is -0.882. The van der Waals surface area contributed by atoms with Gasteiger partial charge in [-0.3, -0.25) is 4.79 Å². The zero-order chi connectivity index (χ0) is 24.1. The number of benzene rings is 1. The standard InChI is InChI=1S/C28H41ClN2O2/c1-4-6-7-8-9-10-11-12-14-22-19-30-27(31-20-22)24-17-15-23(16-18-24)25(28(32)33)26(29)21(3)13-5-2/h15-21,25-26H,4-14H2,1-3H3,(H,32,33). The highest BCUT2D eigenvalue weighted by Crippen LogP contribution is 2.32. The van der Waals surface area contributed by atoms with Crippen molar-refractivity contribution < 1.29 is 9.90 Å². The number of hydrogen-bond donors (Lipinski definition) is 1. The van der Waals surface area contributed by atoms with Crippen molar-refractivity contribution in [3.05, 3.63) is 47.8 Å². The van der Waals surface area contributed by atoms with Crippen LogP contribution in [0.5, 0.6) is 0 Å². The van der Waals surface area contributed by atoms with Gasteiger partial charge in [0.1, 0.15) is 0 Å². The van der Waals surface area contributed by atoms with Gasteiger partial charge in [0.2, 0.25) is 0 Å². The van der Waals surface area contributed by atoms with E-state index < -0.39 is 17.3 Å². The molecule has 0 radical (unpaired) electrons. The number of carboxylic acids is 1. The Kier molecular flexibility index (Phi) is 12.5. The molecule has 5 heteroatoms. The van der Waals surface area contributed by atoms with Gasteiger partial charge in [-0.1, -0.05) is 96.4 Å². The lowest BCUT2D eigenvalue weighted by molar-refractivity contribution is -0.139. The highest BCUT2D eigenvalue weighted by molar-refractivity contribution is 6.22. The Balaban J connectivity index is 1.90. The van der Waals surface area contributed by atoms with Crippen LogP contribution in [0.4, 0.5) is 0 Å². The average molecular weight is 473 g/mol. The molecular weight excluding hydrogens is 432 g/mol. The van der Waals surface area contributed by atoms with Crippen LogP contribution >= 0.6 is 11.6 Å². The van der Waals surface area contributed by atoms with E-state index in [1.807, 2.05) is 43.6 Å². The molecule has 0 saturated heterocycles. The van der Waals surface area contributed by atoms with E-state index in [-0.39, 0.29) is 5.92 Å². The minimum Gasteiger partial charge on any atom is -0.481 e. The minimum absolute atomic E-state index is 0.134. The number of hydrogen-bond acceptors (Lipinski definition) is 3. The van der Waals surface area contributed by atoms with Crippen molar-refractivity contribution in [2.75, 3.05) is 0 Å². The molecule has 0 bridgehead atoms. The van der Waals surface area contributed by atoms with E-state index in [0.29, 0.717) is 5.82 Å². The fourth-order valence-corrected chi connectivity index (χ4v) is 4.72. The summed E-state index contributed by atoms with van der Waals surface area (Å²) in [6, 6.07) is 7.49. The zero-order valence-corrected chi connectivity index (χ0v) is 21.4. The molecule has 2 rings (SSSR count). The van der Waals surface area contributed by atoms with Crippen LogP contribution in [0.2, 0.25) is 0 Å². The number of carbonyl (C=O) groups is 1. The summed E-state index contributed by atoms with van der Waals surface area (Å²) in [4.78, 5) is 21.0. The van der Waals surface area contributed by atoms with Gasteiger partial charge in [0.15, 0.2) is 5.82 Å². The number of aryl methyl sites for hydroxylation is 1. The molecule has 33 heavy (non-hydrogen) atoms. The van der Waals surface area contributed by atoms with Crippen molar-refractivity contribution in [1.29, 1.82) is 0 Å². The fraction of sp³-hybridized carbons (Fsp3) is 0.607. The van der Waals surface area contributed by atoms with Crippen molar-refractivity contribution in [3.8, 4) is 11.4 Å². The number of aromatic nitrogens is 2. The Hall–Kier alpha value is -1.94. The predicted molar refractivity (Wildman–Crippen MR) is 138 cm³/mol. The van der Waals surface area contributed by atoms with E-state index in [0.717, 1.165) is 30.4 Å². The summed E-state index contributed by atoms with van der Waals surface area (Å²) in [5, 5.41) is 9.33. The summed E-state index contributed by atoms with van der Waals surface area (Å²) in [5.74, 6) is -0.811. The molecule has 1 N–H and O–H groups in total. The molecule has 182 valence electrons. The monoisotopic (exact) mass is 472 g/mol. The number of rotatable bonds is 16. The first-order valence-electron chi connectivity index (χ1n) is 12.8. The van der Waals surface area contributed by atoms with E-state index in [1.165, 1.54) is 56.9 Å². The van der Waals surface area contributed by atoms with Crippen LogP contribution in [0.1, 0.15) is 102 Å². The average Bonchev–Trinajstić information content (AvgIpc) is 2.81. The Labute approximate surface area is 205 Å². The van der Waals surface area contributed by atoms with Crippen molar-refractivity contribution in [2.24, 2.45) is 5.92 Å². The van der Waals surface area contributed by atoms with E-state index in [4.69, 9.17) is 11.6 Å². The van der Waals surface area contributed by atoms with Crippen LogP contribution in [-0.4, -0.2) is 26.4 Å². The third-order valence-electron chi connectivity index (χ3n) is 6.42. The third kappa shape index (κ3) is 9.08. The molecule has 1 aromatic heterocycles. The molecule has 0 aliphatic rings. The largest absolute Gasteiger partial charge is 0.481 e. The Morgan fingerprint density at radius 1 is 0.909 bits per heavy atom. The van der Waals surface area contributed by atoms with Crippen LogP contribution in [0.25, 0.3) is 11.4 Å². The van der Waals surface area contributed by atoms with Crippen molar-refractivity contribution in [1.82, 2.24) is 9.97 Å². The van der Waals surface area contributed by atoms with Gasteiger partial charge in [0.05, 0.1) is 11.3 Å². The molecule has 3 unspecified atom stereocenters. The number of carboxylic acid groups (broad SMARTS) is 1. The highest BCUT2D eigenvalue weighted by atomic mass is 35.5. The molecule has 0 saturated carbocycles. The fourth-order valence-electron chi connectivity index (χ4n) is 4.34. The van der Waals surface area contributed by atoms with Gasteiger partial charge in [-0.05, 0) is 36.3 Å². The van der Waals surface area contributed by atoms with Gasteiger partial charge in [0, 0.05) is 18.0 Å². The van der Waals surface area contributed by atoms with Gasteiger partial charge >= 0.3 is 5.97 Å². The lowest BCUT2D eigenvalue weighted by atomic mass is 9.86. The van der Waals surface area contributed by atoms with Crippen LogP contribution in [0, 0.1) is 5.92 Å². The summed E-state index contributed by atoms with van der Waals surface area (Å²) in [7, 11) is 0. The molecule has 0 aliphatic heterocycles. The molecule has 1 heterocycles. The van der Waals surface area contributed by atoms with Gasteiger partial charge in [-0.15, -0.1) is 11.6 Å². The maximum atomic E-state index is 11.9. The highest BCUT2D eigenvalue weighted by Gasteiger charge is 2.31. The van der Waals surface area contributed by atoms with Crippen LogP contribution in [0.15, 0.2) is 36.7 Å². The number of halogens is 1. The van der Waals surface area contributed by atoms with Crippen LogP contribution < -0.4 is 0 Å². The topological polar surface area (TPSA) is 63.1 Å². The molecule has 1 aromatic carbocycles. The first kappa shape index (κ1) is 27.3. The van der Waals surface area contributed by atoms with E-state index in [9.17, 15) is 9.90 Å². The second kappa shape index (κ2) is 15.1. The van der Waals surface area contributed by atoms with Gasteiger partial charge < -0.3 is 5.11 Å². The molecule has 2 aromatic rings. The summed E-state index contributed by atoms with van der Waals surface area (Å²) in [6.45, 7) is 6.36. The maximum absolute atomic E-state index is 11.9. The molecule has 0 aliphatic carbocycles. The molecular formula is C28H41ClN2O2. The quantitative estimate of drug-likeness (QED) is 0.198. The lowest BCUT2D eigenvalue weighted by Crippen LogP contribution is -2.27. The van der Waals surface area contributed by atoms with Crippen molar-refractivity contribution in [3.63, 3.8) is 0 Å². The number of unbranched alkanes of at least 4 members (excludes halogenated alkanes) is 7. The molecule has 0 fully saturated rings. The summed E-state index contributed by atoms with van der Waals surface area (Å²) in [5.41, 5.74) is 2.77. The second-order valence-electron chi connectivity index (χ2n) is 9.29. The maximum Gasteiger partial charge on any atom is 0.312 e. The van der Waals surface area contributed by atoms with Crippen molar-refractivity contribution >= 4 is 17.6 Å². The number of nitrogens with zero attached hydrogens (tertiary/aromatic N) is 2. The SMILES string of the molecule is CCCCCCCCCCc1cnc(-c2ccc(C(C(=O)O)C(Cl)C(C)CCC)cc2)nc1. The van der Waals surface area contributed by atoms with E-state index >= 15 is 0 Å². The first-order chi connectivity index (χ1) is 16.0. The Morgan fingerprint density at radius 2 is 1.48 bits per heavy atom. The Bertz CT molecular complexity index is 808. The molecule has 0 amide bonds. The van der Waals surface area contributed by atoms with Crippen molar-refractivity contribution in [2.45, 2.75) is 103 Å². The normalized spacial score (nSPS) is 14.1. The van der Waals surface area contributed by atoms with Gasteiger partial charge in [0.25, 0.3) is 0 Å². The summed E-state index contributed by atoms with van der Waals surface area (Å²) < 4.78 is 0. The van der Waals surface area contributed by atoms with E-state index in [2.05, 4.69) is 23.8 Å². The summed E-state index contributed by atoms with van der Waals surface area (Å²) >= 11 is 6.56. The summed E-state index contributed by atoms with van der Waals surface area (Å²) in [6.07, 6.45) is 17.2. The molecule has 3 atom stereocenters. The van der Waals surface area contributed by atoms with Crippen LogP contribution in [0.3, 0.4) is 0 Å². The van der Waals surface area contributed by atoms with E-state index in [1.54, 1.807) is 0 Å². The van der Waals surface area contributed by atoms with Crippen LogP contribution in [-0.2, 0) is 11.2 Å². The first-order valence-corrected chi connectivity index (χ1v) is 13.2. The van der Waals surface area contributed by atoms with Gasteiger partial charge in [-0.25, -0.2) is 9.97 Å². The third-order valence-corrected chi connectivity index (χ3v) is 7.11. The second-order valence-corrected chi connectivity index (χ2v) is 9.79. The van der Waals surface area contributed by atoms with Gasteiger partial charge in [-0.2, -0.15) is 0 Å². The number of aliphatic carboxylic acids is 1.